The molecule has 1 aromatic carbocycles. The molecule has 0 aliphatic heterocycles. The third kappa shape index (κ3) is 2.49. The molecule has 0 bridgehead atoms. The first-order valence-corrected chi connectivity index (χ1v) is 6.78. The van der Waals surface area contributed by atoms with E-state index < -0.39 is 0 Å². The third-order valence-corrected chi connectivity index (χ3v) is 3.24. The van der Waals surface area contributed by atoms with Gasteiger partial charge in [0, 0.05) is 25.1 Å². The maximum atomic E-state index is 8.89. The fourth-order valence-corrected chi connectivity index (χ4v) is 2.35. The minimum absolute atomic E-state index is 0.585. The lowest BCUT2D eigenvalue weighted by Gasteiger charge is -2.08. The number of halogens is 1. The molecule has 0 saturated carbocycles. The number of aromatic nitrogens is 3. The first-order valence-electron chi connectivity index (χ1n) is 5.98. The van der Waals surface area contributed by atoms with E-state index in [0.717, 1.165) is 15.8 Å². The van der Waals surface area contributed by atoms with Gasteiger partial charge in [-0.1, -0.05) is 12.1 Å². The van der Waals surface area contributed by atoms with Gasteiger partial charge in [-0.25, -0.2) is 9.97 Å². The summed E-state index contributed by atoms with van der Waals surface area (Å²) in [6.45, 7) is 0.585. The van der Waals surface area contributed by atoms with Crippen molar-refractivity contribution < 1.29 is 0 Å². The van der Waals surface area contributed by atoms with Crippen molar-refractivity contribution in [3.63, 3.8) is 0 Å². The molecule has 6 heteroatoms. The lowest BCUT2D eigenvalue weighted by Crippen LogP contribution is -2.04. The summed E-state index contributed by atoms with van der Waals surface area (Å²) in [4.78, 5) is 8.66. The summed E-state index contributed by atoms with van der Waals surface area (Å²) >= 11 is 3.37. The van der Waals surface area contributed by atoms with Crippen molar-refractivity contribution in [2.75, 3.05) is 5.32 Å². The van der Waals surface area contributed by atoms with E-state index in [0.29, 0.717) is 17.9 Å². The van der Waals surface area contributed by atoms with Crippen molar-refractivity contribution in [1.29, 1.82) is 5.26 Å². The van der Waals surface area contributed by atoms with Gasteiger partial charge in [-0.05, 0) is 33.6 Å². The van der Waals surface area contributed by atoms with Crippen molar-refractivity contribution in [3.8, 4) is 6.07 Å². The van der Waals surface area contributed by atoms with Crippen LogP contribution in [0.15, 0.2) is 47.5 Å². The van der Waals surface area contributed by atoms with Gasteiger partial charge in [0.05, 0.1) is 11.6 Å². The van der Waals surface area contributed by atoms with Crippen molar-refractivity contribution in [3.05, 3.63) is 58.6 Å². The summed E-state index contributed by atoms with van der Waals surface area (Å²) in [5, 5.41) is 12.1. The molecule has 5 nitrogen and oxygen atoms in total. The minimum atomic E-state index is 0.585. The van der Waals surface area contributed by atoms with Gasteiger partial charge >= 0.3 is 0 Å². The molecule has 0 amide bonds. The van der Waals surface area contributed by atoms with E-state index in [1.165, 1.54) is 0 Å². The van der Waals surface area contributed by atoms with E-state index in [1.54, 1.807) is 12.3 Å². The molecule has 2 heterocycles. The maximum Gasteiger partial charge on any atom is 0.180 e. The molecule has 0 radical (unpaired) electrons. The molecular formula is C14H10BrN5. The highest BCUT2D eigenvalue weighted by Gasteiger charge is 2.06. The summed E-state index contributed by atoms with van der Waals surface area (Å²) in [5.74, 6) is 0.701. The topological polar surface area (TPSA) is 66.0 Å². The molecule has 0 spiro atoms. The Morgan fingerprint density at radius 2 is 2.30 bits per heavy atom. The highest BCUT2D eigenvalue weighted by atomic mass is 79.9. The normalized spacial score (nSPS) is 10.4. The van der Waals surface area contributed by atoms with Crippen molar-refractivity contribution in [1.82, 2.24) is 14.4 Å². The molecule has 0 aliphatic rings. The Hall–Kier alpha value is -2.39. The van der Waals surface area contributed by atoms with Gasteiger partial charge in [0.1, 0.15) is 4.60 Å². The smallest absolute Gasteiger partial charge is 0.180 e. The van der Waals surface area contributed by atoms with Crippen molar-refractivity contribution >= 4 is 27.4 Å². The van der Waals surface area contributed by atoms with Crippen molar-refractivity contribution in [2.24, 2.45) is 0 Å². The number of nitrogens with one attached hydrogen (secondary N) is 1. The number of anilines is 1. The summed E-state index contributed by atoms with van der Waals surface area (Å²) in [5.41, 5.74) is 2.44. The van der Waals surface area contributed by atoms with Crippen LogP contribution in [0.2, 0.25) is 0 Å². The molecule has 0 unspecified atom stereocenters. The summed E-state index contributed by atoms with van der Waals surface area (Å²) in [6.07, 6.45) is 5.44. The van der Waals surface area contributed by atoms with Crippen LogP contribution in [0.4, 0.5) is 5.82 Å². The molecule has 1 N–H and O–H groups in total. The Kier molecular flexibility index (Phi) is 3.35. The zero-order chi connectivity index (χ0) is 13.9. The Morgan fingerprint density at radius 1 is 1.40 bits per heavy atom. The Balaban J connectivity index is 1.86. The fourth-order valence-electron chi connectivity index (χ4n) is 1.96. The van der Waals surface area contributed by atoms with Crippen LogP contribution in [-0.2, 0) is 6.54 Å². The molecule has 0 atom stereocenters. The third-order valence-electron chi connectivity index (χ3n) is 2.86. The molecule has 3 rings (SSSR count). The Bertz CT molecular complexity index is 803. The number of benzene rings is 1. The number of fused-ring (bicyclic) bond motifs is 1. The molecule has 2 aromatic heterocycles. The number of nitrogens with zero attached hydrogens (tertiary/aromatic N) is 4. The van der Waals surface area contributed by atoms with E-state index in [2.05, 4.69) is 37.3 Å². The molecule has 0 aliphatic carbocycles. The number of hydrogen-bond donors (Lipinski definition) is 1. The monoisotopic (exact) mass is 327 g/mol. The Labute approximate surface area is 124 Å². The van der Waals surface area contributed by atoms with Crippen LogP contribution in [0.1, 0.15) is 11.1 Å². The van der Waals surface area contributed by atoms with Crippen LogP contribution in [-0.4, -0.2) is 14.4 Å². The molecular weight excluding hydrogens is 318 g/mol. The van der Waals surface area contributed by atoms with Gasteiger partial charge in [0.15, 0.2) is 11.5 Å². The van der Waals surface area contributed by atoms with Gasteiger partial charge in [-0.2, -0.15) is 5.26 Å². The second-order valence-electron chi connectivity index (χ2n) is 4.24. The van der Waals surface area contributed by atoms with Crippen molar-refractivity contribution in [2.45, 2.75) is 6.54 Å². The van der Waals surface area contributed by atoms with E-state index in [1.807, 2.05) is 35.0 Å². The SMILES string of the molecule is N#Cc1cccc(CNc2nc(Br)cn3ccnc23)c1. The highest BCUT2D eigenvalue weighted by molar-refractivity contribution is 9.10. The maximum absolute atomic E-state index is 8.89. The predicted molar refractivity (Wildman–Crippen MR) is 79.2 cm³/mol. The lowest BCUT2D eigenvalue weighted by molar-refractivity contribution is 1.05. The Morgan fingerprint density at radius 3 is 3.15 bits per heavy atom. The molecule has 0 saturated heterocycles. The molecule has 3 aromatic rings. The van der Waals surface area contributed by atoms with E-state index in [4.69, 9.17) is 5.26 Å². The van der Waals surface area contributed by atoms with Crippen LogP contribution >= 0.6 is 15.9 Å². The van der Waals surface area contributed by atoms with Gasteiger partial charge in [-0.15, -0.1) is 0 Å². The zero-order valence-electron chi connectivity index (χ0n) is 10.4. The summed E-state index contributed by atoms with van der Waals surface area (Å²) in [6, 6.07) is 9.61. The highest BCUT2D eigenvalue weighted by Crippen LogP contribution is 2.17. The average Bonchev–Trinajstić information content (AvgIpc) is 2.93. The standard InChI is InChI=1S/C14H10BrN5/c15-12-9-20-5-4-17-14(20)13(19-12)18-8-11-3-1-2-10(6-11)7-16/h1-6,9H,8H2,(H,18,19). The zero-order valence-corrected chi connectivity index (χ0v) is 12.0. The lowest BCUT2D eigenvalue weighted by atomic mass is 10.1. The summed E-state index contributed by atoms with van der Waals surface area (Å²) < 4.78 is 2.63. The fraction of sp³-hybridized carbons (Fsp3) is 0.0714. The second kappa shape index (κ2) is 5.31. The van der Waals surface area contributed by atoms with Crippen LogP contribution in [0.25, 0.3) is 5.65 Å². The average molecular weight is 328 g/mol. The first-order chi connectivity index (χ1) is 9.76. The van der Waals surface area contributed by atoms with Gasteiger partial charge < -0.3 is 9.72 Å². The molecule has 0 fully saturated rings. The van der Waals surface area contributed by atoms with Gasteiger partial charge in [-0.3, -0.25) is 0 Å². The second-order valence-corrected chi connectivity index (χ2v) is 5.05. The largest absolute Gasteiger partial charge is 0.363 e. The minimum Gasteiger partial charge on any atom is -0.363 e. The van der Waals surface area contributed by atoms with E-state index >= 15 is 0 Å². The first kappa shape index (κ1) is 12.6. The number of imidazole rings is 1. The number of nitriles is 1. The van der Waals surface area contributed by atoms with E-state index in [-0.39, 0.29) is 0 Å². The predicted octanol–water partition coefficient (Wildman–Crippen LogP) is 2.98. The van der Waals surface area contributed by atoms with Crippen LogP contribution in [0.3, 0.4) is 0 Å². The van der Waals surface area contributed by atoms with Gasteiger partial charge in [0.2, 0.25) is 0 Å². The van der Waals surface area contributed by atoms with Gasteiger partial charge in [0.25, 0.3) is 0 Å². The number of hydrogen-bond acceptors (Lipinski definition) is 4. The summed E-state index contributed by atoms with van der Waals surface area (Å²) in [7, 11) is 0. The van der Waals surface area contributed by atoms with Crippen LogP contribution in [0.5, 0.6) is 0 Å². The molecule has 20 heavy (non-hydrogen) atoms. The number of rotatable bonds is 3. The van der Waals surface area contributed by atoms with Crippen LogP contribution in [0, 0.1) is 11.3 Å². The van der Waals surface area contributed by atoms with Crippen LogP contribution < -0.4 is 5.32 Å². The molecule has 98 valence electrons. The quantitative estimate of drug-likeness (QED) is 0.803. The van der Waals surface area contributed by atoms with E-state index in [9.17, 15) is 0 Å².